The first-order valence-electron chi connectivity index (χ1n) is 17.3. The standard InChI is InChI=1S/C46H31N7/c47-45-40(53-52-35-13-5-2-6-14-35)24-23-37-44(45)36-22-21-33(27-41(36)51-46(37)32-11-3-1-4-12-32)30-17-19-31(20-18-30)34-28-42(38-15-7-9-25-48-38)50-43(29-34)39-16-8-10-26-49-39/h1-29,47,52H/b47-45?,53-40-. The molecule has 0 radical (unpaired) electrons. The minimum Gasteiger partial charge on any atom is -0.298 e. The number of rotatable bonds is 7. The summed E-state index contributed by atoms with van der Waals surface area (Å²) >= 11 is 0. The van der Waals surface area contributed by atoms with Crippen molar-refractivity contribution >= 4 is 34.1 Å². The second-order valence-corrected chi connectivity index (χ2v) is 12.7. The number of hydrogen-bond donors (Lipinski definition) is 2. The van der Waals surface area contributed by atoms with Gasteiger partial charge in [-0.15, -0.1) is 0 Å². The van der Waals surface area contributed by atoms with Gasteiger partial charge in [0.25, 0.3) is 0 Å². The van der Waals surface area contributed by atoms with E-state index in [0.29, 0.717) is 11.4 Å². The number of nitrogens with zero attached hydrogens (tertiary/aromatic N) is 5. The molecule has 0 fully saturated rings. The van der Waals surface area contributed by atoms with Crippen molar-refractivity contribution in [3.63, 3.8) is 0 Å². The molecule has 0 spiro atoms. The molecule has 0 saturated carbocycles. The van der Waals surface area contributed by atoms with Crippen LogP contribution in [0.1, 0.15) is 11.1 Å². The Morgan fingerprint density at radius 3 is 1.74 bits per heavy atom. The number of nitrogens with one attached hydrogen (secondary N) is 2. The third kappa shape index (κ3) is 6.28. The fourth-order valence-corrected chi connectivity index (χ4v) is 6.65. The number of fused-ring (bicyclic) bond motifs is 3. The fraction of sp³-hybridized carbons (Fsp3) is 0. The van der Waals surface area contributed by atoms with E-state index < -0.39 is 0 Å². The summed E-state index contributed by atoms with van der Waals surface area (Å²) in [6.07, 6.45) is 7.48. The Kier molecular flexibility index (Phi) is 8.19. The van der Waals surface area contributed by atoms with Gasteiger partial charge in [0.15, 0.2) is 0 Å². The van der Waals surface area contributed by atoms with E-state index in [2.05, 4.69) is 87.2 Å². The molecule has 4 heterocycles. The lowest BCUT2D eigenvalue weighted by atomic mass is 9.87. The van der Waals surface area contributed by atoms with Crippen molar-refractivity contribution in [2.24, 2.45) is 5.10 Å². The number of anilines is 1. The van der Waals surface area contributed by atoms with E-state index in [1.165, 1.54) is 0 Å². The molecule has 2 N–H and O–H groups in total. The average Bonchev–Trinajstić information content (AvgIpc) is 3.24. The first-order chi connectivity index (χ1) is 26.2. The van der Waals surface area contributed by atoms with Crippen LogP contribution in [0.15, 0.2) is 175 Å². The van der Waals surface area contributed by atoms with Crippen LogP contribution in [0.5, 0.6) is 0 Å². The molecular formula is C46H31N7. The van der Waals surface area contributed by atoms with Gasteiger partial charge in [0, 0.05) is 34.5 Å². The van der Waals surface area contributed by atoms with Gasteiger partial charge in [-0.1, -0.05) is 97.1 Å². The molecule has 53 heavy (non-hydrogen) atoms. The van der Waals surface area contributed by atoms with Gasteiger partial charge in [0.2, 0.25) is 0 Å². The van der Waals surface area contributed by atoms with Crippen LogP contribution >= 0.6 is 0 Å². The molecule has 0 unspecified atom stereocenters. The molecular weight excluding hydrogens is 651 g/mol. The van der Waals surface area contributed by atoms with Crippen LogP contribution in [-0.2, 0) is 0 Å². The SMILES string of the molecule is N=C1/C(=N\Nc2ccccc2)C=Cc2c(-c3ccccc3)nc3cc(-c4ccc(-c5cc(-c6ccccn6)nc(-c6ccccn6)c5)cc4)ccc3c21. The predicted octanol–water partition coefficient (Wildman–Crippen LogP) is 10.6. The van der Waals surface area contributed by atoms with Gasteiger partial charge in [-0.2, -0.15) is 5.10 Å². The first kappa shape index (κ1) is 31.6. The molecule has 8 aromatic rings. The van der Waals surface area contributed by atoms with Crippen molar-refractivity contribution in [2.75, 3.05) is 5.43 Å². The van der Waals surface area contributed by atoms with Crippen molar-refractivity contribution < 1.29 is 0 Å². The second-order valence-electron chi connectivity index (χ2n) is 12.7. The molecule has 4 aromatic heterocycles. The Bertz CT molecular complexity index is 2620. The van der Waals surface area contributed by atoms with E-state index in [1.807, 2.05) is 97.1 Å². The average molecular weight is 682 g/mol. The number of benzene rings is 4. The topological polar surface area (TPSA) is 99.8 Å². The Hall–Kier alpha value is -7.38. The molecule has 0 amide bonds. The van der Waals surface area contributed by atoms with E-state index in [4.69, 9.17) is 9.97 Å². The fourth-order valence-electron chi connectivity index (χ4n) is 6.65. The molecule has 0 bridgehead atoms. The number of allylic oxidation sites excluding steroid dienone is 1. The maximum absolute atomic E-state index is 9.34. The van der Waals surface area contributed by atoms with Crippen molar-refractivity contribution in [1.82, 2.24) is 19.9 Å². The van der Waals surface area contributed by atoms with Gasteiger partial charge in [0.1, 0.15) is 5.71 Å². The van der Waals surface area contributed by atoms with Crippen LogP contribution in [-0.4, -0.2) is 31.4 Å². The zero-order valence-corrected chi connectivity index (χ0v) is 28.5. The first-order valence-corrected chi connectivity index (χ1v) is 17.3. The van der Waals surface area contributed by atoms with E-state index >= 15 is 0 Å². The summed E-state index contributed by atoms with van der Waals surface area (Å²) in [6, 6.07) is 50.6. The van der Waals surface area contributed by atoms with Crippen LogP contribution in [0.2, 0.25) is 0 Å². The molecule has 0 saturated heterocycles. The Morgan fingerprint density at radius 1 is 0.491 bits per heavy atom. The monoisotopic (exact) mass is 681 g/mol. The van der Waals surface area contributed by atoms with Crippen LogP contribution in [0.3, 0.4) is 0 Å². The Labute approximate surface area is 306 Å². The highest BCUT2D eigenvalue weighted by Crippen LogP contribution is 2.36. The minimum atomic E-state index is 0.347. The van der Waals surface area contributed by atoms with Gasteiger partial charge in [-0.05, 0) is 89.0 Å². The zero-order chi connectivity index (χ0) is 35.6. The molecule has 7 nitrogen and oxygen atoms in total. The molecule has 1 aliphatic rings. The summed E-state index contributed by atoms with van der Waals surface area (Å²) < 4.78 is 0. The Balaban J connectivity index is 1.10. The van der Waals surface area contributed by atoms with E-state index in [1.54, 1.807) is 12.4 Å². The molecule has 4 aromatic carbocycles. The smallest absolute Gasteiger partial charge is 0.109 e. The van der Waals surface area contributed by atoms with Crippen molar-refractivity contribution in [1.29, 1.82) is 5.41 Å². The van der Waals surface area contributed by atoms with Crippen molar-refractivity contribution in [3.8, 4) is 56.3 Å². The zero-order valence-electron chi connectivity index (χ0n) is 28.5. The normalized spacial score (nSPS) is 12.9. The summed E-state index contributed by atoms with van der Waals surface area (Å²) in [4.78, 5) is 19.3. The molecule has 7 heteroatoms. The Morgan fingerprint density at radius 2 is 1.09 bits per heavy atom. The maximum Gasteiger partial charge on any atom is 0.109 e. The van der Waals surface area contributed by atoms with Gasteiger partial charge in [0.05, 0.1) is 45.4 Å². The summed E-state index contributed by atoms with van der Waals surface area (Å²) in [5.74, 6) is 0. The number of para-hydroxylation sites is 1. The van der Waals surface area contributed by atoms with Gasteiger partial charge in [-0.25, -0.2) is 9.97 Å². The lowest BCUT2D eigenvalue weighted by Crippen LogP contribution is -2.20. The maximum atomic E-state index is 9.34. The summed E-state index contributed by atoms with van der Waals surface area (Å²) in [7, 11) is 0. The highest BCUT2D eigenvalue weighted by atomic mass is 15.3. The van der Waals surface area contributed by atoms with E-state index in [-0.39, 0.29) is 0 Å². The molecule has 0 atom stereocenters. The lowest BCUT2D eigenvalue weighted by molar-refractivity contribution is 1.22. The van der Waals surface area contributed by atoms with Gasteiger partial charge < -0.3 is 0 Å². The van der Waals surface area contributed by atoms with Gasteiger partial charge in [-0.3, -0.25) is 20.8 Å². The van der Waals surface area contributed by atoms with Crippen LogP contribution < -0.4 is 5.43 Å². The number of aromatic nitrogens is 4. The van der Waals surface area contributed by atoms with Crippen molar-refractivity contribution in [3.05, 3.63) is 181 Å². The largest absolute Gasteiger partial charge is 0.298 e. The number of hydrazone groups is 1. The highest BCUT2D eigenvalue weighted by molar-refractivity contribution is 6.55. The molecule has 250 valence electrons. The molecule has 9 rings (SSSR count). The minimum absolute atomic E-state index is 0.347. The number of hydrogen-bond acceptors (Lipinski definition) is 7. The van der Waals surface area contributed by atoms with Crippen LogP contribution in [0.4, 0.5) is 5.69 Å². The van der Waals surface area contributed by atoms with E-state index in [0.717, 1.165) is 84.0 Å². The summed E-state index contributed by atoms with van der Waals surface area (Å²) in [5, 5.41) is 14.9. The second kappa shape index (κ2) is 13.7. The number of pyridine rings is 4. The summed E-state index contributed by atoms with van der Waals surface area (Å²) in [5.41, 5.74) is 16.6. The van der Waals surface area contributed by atoms with E-state index in [9.17, 15) is 5.41 Å². The highest BCUT2D eigenvalue weighted by Gasteiger charge is 2.24. The van der Waals surface area contributed by atoms with Gasteiger partial charge >= 0.3 is 0 Å². The quantitative estimate of drug-likeness (QED) is 0.163. The van der Waals surface area contributed by atoms with Crippen molar-refractivity contribution in [2.45, 2.75) is 0 Å². The lowest BCUT2D eigenvalue weighted by Gasteiger charge is -2.20. The van der Waals surface area contributed by atoms with Crippen LogP contribution in [0.25, 0.3) is 73.3 Å². The summed E-state index contributed by atoms with van der Waals surface area (Å²) in [6.45, 7) is 0. The molecule has 1 aliphatic carbocycles. The van der Waals surface area contributed by atoms with Crippen LogP contribution in [0, 0.1) is 5.41 Å². The predicted molar refractivity (Wildman–Crippen MR) is 216 cm³/mol. The third-order valence-corrected chi connectivity index (χ3v) is 9.30. The third-order valence-electron chi connectivity index (χ3n) is 9.30. The molecule has 0 aliphatic heterocycles.